The van der Waals surface area contributed by atoms with Crippen LogP contribution in [0.25, 0.3) is 0 Å². The van der Waals surface area contributed by atoms with E-state index in [2.05, 4.69) is 22.7 Å². The Morgan fingerprint density at radius 1 is 1.03 bits per heavy atom. The zero-order valence-electron chi connectivity index (χ0n) is 16.2. The predicted molar refractivity (Wildman–Crippen MR) is 107 cm³/mol. The standard InChI is InChI=1S/C22H21N3O3.ClH/c1-27-20-8-9-21(28-2)19(14-20)15-23-24-22(26)18-10-12-25(13-11-18)16-17-6-4-3-5-7-17;/h3-15H,16H2,1-2H3;1H. The van der Waals surface area contributed by atoms with E-state index in [4.69, 9.17) is 9.47 Å². The number of pyridine rings is 1. The van der Waals surface area contributed by atoms with Gasteiger partial charge in [0.05, 0.1) is 26.0 Å². The van der Waals surface area contributed by atoms with Gasteiger partial charge in [-0.15, -0.1) is 0 Å². The first kappa shape index (κ1) is 21.9. The molecule has 1 aromatic heterocycles. The molecule has 6 nitrogen and oxygen atoms in total. The Morgan fingerprint density at radius 3 is 2.41 bits per heavy atom. The van der Waals surface area contributed by atoms with E-state index in [0.29, 0.717) is 22.6 Å². The molecule has 1 N–H and O–H groups in total. The number of nitrogens with one attached hydrogen (secondary N) is 1. The van der Waals surface area contributed by atoms with Gasteiger partial charge in [0.25, 0.3) is 5.91 Å². The number of carbonyl (C=O) groups is 1. The second-order valence-electron chi connectivity index (χ2n) is 6.05. The van der Waals surface area contributed by atoms with Gasteiger partial charge in [0.2, 0.25) is 0 Å². The Bertz CT molecular complexity index is 961. The third-order valence-corrected chi connectivity index (χ3v) is 4.17. The van der Waals surface area contributed by atoms with Crippen molar-refractivity contribution in [3.63, 3.8) is 0 Å². The van der Waals surface area contributed by atoms with Crippen molar-refractivity contribution in [3.8, 4) is 11.5 Å². The van der Waals surface area contributed by atoms with Gasteiger partial charge in [0.1, 0.15) is 11.5 Å². The lowest BCUT2D eigenvalue weighted by atomic mass is 10.2. The zero-order valence-corrected chi connectivity index (χ0v) is 17.0. The number of hydrogen-bond donors (Lipinski definition) is 1. The van der Waals surface area contributed by atoms with Crippen LogP contribution in [0.2, 0.25) is 0 Å². The Balaban J connectivity index is 0.00000300. The van der Waals surface area contributed by atoms with E-state index in [1.165, 1.54) is 11.8 Å². The van der Waals surface area contributed by atoms with Crippen molar-refractivity contribution >= 4 is 12.1 Å². The third kappa shape index (κ3) is 6.05. The van der Waals surface area contributed by atoms with Gasteiger partial charge >= 0.3 is 0 Å². The lowest BCUT2D eigenvalue weighted by molar-refractivity contribution is -0.688. The second kappa shape index (κ2) is 10.8. The number of hydrazone groups is 1. The van der Waals surface area contributed by atoms with Crippen molar-refractivity contribution in [2.45, 2.75) is 6.54 Å². The summed E-state index contributed by atoms with van der Waals surface area (Å²) in [6.07, 6.45) is 5.27. The molecule has 0 saturated heterocycles. The van der Waals surface area contributed by atoms with E-state index in [-0.39, 0.29) is 18.3 Å². The highest BCUT2D eigenvalue weighted by Gasteiger charge is 2.08. The van der Waals surface area contributed by atoms with Crippen molar-refractivity contribution in [3.05, 3.63) is 89.7 Å². The molecule has 3 rings (SSSR count). The Hall–Kier alpha value is -3.38. The zero-order chi connectivity index (χ0) is 19.8. The summed E-state index contributed by atoms with van der Waals surface area (Å²) < 4.78 is 12.5. The van der Waals surface area contributed by atoms with E-state index in [9.17, 15) is 4.79 Å². The highest BCUT2D eigenvalue weighted by atomic mass is 35.5. The number of amides is 1. The molecule has 0 atom stereocenters. The summed E-state index contributed by atoms with van der Waals surface area (Å²) in [5.41, 5.74) is 4.96. The van der Waals surface area contributed by atoms with E-state index >= 15 is 0 Å². The summed E-state index contributed by atoms with van der Waals surface area (Å²) >= 11 is 0. The summed E-state index contributed by atoms with van der Waals surface area (Å²) in [6, 6.07) is 19.0. The minimum absolute atomic E-state index is 0. The number of aromatic nitrogens is 1. The van der Waals surface area contributed by atoms with Gasteiger partial charge in [-0.1, -0.05) is 30.3 Å². The van der Waals surface area contributed by atoms with Crippen LogP contribution in [0.4, 0.5) is 0 Å². The second-order valence-corrected chi connectivity index (χ2v) is 6.05. The fourth-order valence-corrected chi connectivity index (χ4v) is 2.67. The van der Waals surface area contributed by atoms with Crippen LogP contribution in [0.5, 0.6) is 11.5 Å². The maximum atomic E-state index is 12.3. The normalized spacial score (nSPS) is 10.3. The lowest BCUT2D eigenvalue weighted by Crippen LogP contribution is -3.00. The fourth-order valence-electron chi connectivity index (χ4n) is 2.67. The molecular weight excluding hydrogens is 390 g/mol. The van der Waals surface area contributed by atoms with E-state index in [1.54, 1.807) is 44.6 Å². The number of nitrogens with zero attached hydrogens (tertiary/aromatic N) is 2. The number of carbonyl (C=O) groups excluding carboxylic acids is 1. The summed E-state index contributed by atoms with van der Waals surface area (Å²) in [4.78, 5) is 12.3. The minimum Gasteiger partial charge on any atom is -1.00 e. The highest BCUT2D eigenvalue weighted by Crippen LogP contribution is 2.22. The first-order chi connectivity index (χ1) is 13.7. The molecule has 1 amide bonds. The highest BCUT2D eigenvalue weighted by molar-refractivity contribution is 5.94. The van der Waals surface area contributed by atoms with Gasteiger partial charge in [0.15, 0.2) is 18.9 Å². The van der Waals surface area contributed by atoms with Crippen LogP contribution in [0.3, 0.4) is 0 Å². The minimum atomic E-state index is -0.287. The number of rotatable bonds is 7. The summed E-state index contributed by atoms with van der Waals surface area (Å²) in [6.45, 7) is 0.747. The number of methoxy groups -OCH3 is 2. The molecule has 0 unspecified atom stereocenters. The average molecular weight is 412 g/mol. The van der Waals surface area contributed by atoms with E-state index in [0.717, 1.165) is 6.54 Å². The van der Waals surface area contributed by atoms with E-state index in [1.807, 2.05) is 35.2 Å². The molecular formula is C22H22ClN3O3. The molecule has 0 fully saturated rings. The molecule has 0 spiro atoms. The van der Waals surface area contributed by atoms with Crippen molar-refractivity contribution < 1.29 is 31.2 Å². The van der Waals surface area contributed by atoms with Crippen molar-refractivity contribution in [1.29, 1.82) is 0 Å². The van der Waals surface area contributed by atoms with Gasteiger partial charge < -0.3 is 21.9 Å². The quantitative estimate of drug-likeness (QED) is 0.333. The monoisotopic (exact) mass is 411 g/mol. The molecule has 0 aliphatic rings. The largest absolute Gasteiger partial charge is 1.00 e. The molecule has 29 heavy (non-hydrogen) atoms. The molecule has 0 bridgehead atoms. The third-order valence-electron chi connectivity index (χ3n) is 4.17. The Morgan fingerprint density at radius 2 is 1.76 bits per heavy atom. The molecule has 150 valence electrons. The first-order valence-corrected chi connectivity index (χ1v) is 8.78. The van der Waals surface area contributed by atoms with Crippen LogP contribution < -0.4 is 31.9 Å². The molecule has 3 aromatic rings. The van der Waals surface area contributed by atoms with Crippen LogP contribution in [0.15, 0.2) is 78.2 Å². The molecule has 0 radical (unpaired) electrons. The van der Waals surface area contributed by atoms with Gasteiger partial charge in [-0.2, -0.15) is 5.10 Å². The summed E-state index contributed by atoms with van der Waals surface area (Å²) in [5.74, 6) is 1.03. The number of halogens is 1. The number of ether oxygens (including phenoxy) is 2. The molecule has 0 aliphatic heterocycles. The number of hydrogen-bond acceptors (Lipinski definition) is 4. The SMILES string of the molecule is COc1ccc(OC)c(/C=N/NC(=O)c2cc[n+](Cc3ccccc3)cc2)c1.[Cl-]. The molecule has 2 aromatic carbocycles. The molecule has 1 heterocycles. The van der Waals surface area contributed by atoms with Crippen molar-refractivity contribution in [1.82, 2.24) is 5.43 Å². The van der Waals surface area contributed by atoms with Crippen molar-refractivity contribution in [2.24, 2.45) is 5.10 Å². The summed E-state index contributed by atoms with van der Waals surface area (Å²) in [5, 5.41) is 4.03. The van der Waals surface area contributed by atoms with Gasteiger partial charge in [-0.3, -0.25) is 4.79 Å². The van der Waals surface area contributed by atoms with Crippen LogP contribution in [0, 0.1) is 0 Å². The van der Waals surface area contributed by atoms with E-state index < -0.39 is 0 Å². The lowest BCUT2D eigenvalue weighted by Gasteiger charge is -2.06. The smallest absolute Gasteiger partial charge is 0.271 e. The Kier molecular flexibility index (Phi) is 8.18. The molecule has 0 aliphatic carbocycles. The Labute approximate surface area is 176 Å². The first-order valence-electron chi connectivity index (χ1n) is 8.78. The van der Waals surface area contributed by atoms with Crippen molar-refractivity contribution in [2.75, 3.05) is 14.2 Å². The molecule has 0 saturated carbocycles. The molecule has 7 heteroatoms. The van der Waals surface area contributed by atoms with Gasteiger partial charge in [-0.25, -0.2) is 9.99 Å². The van der Waals surface area contributed by atoms with Crippen LogP contribution >= 0.6 is 0 Å². The van der Waals surface area contributed by atoms with Gasteiger partial charge in [0, 0.05) is 23.3 Å². The predicted octanol–water partition coefficient (Wildman–Crippen LogP) is -0.192. The van der Waals surface area contributed by atoms with Crippen LogP contribution in [-0.4, -0.2) is 26.3 Å². The maximum absolute atomic E-state index is 12.3. The average Bonchev–Trinajstić information content (AvgIpc) is 2.74. The van der Waals surface area contributed by atoms with Gasteiger partial charge in [-0.05, 0) is 18.2 Å². The topological polar surface area (TPSA) is 63.8 Å². The maximum Gasteiger partial charge on any atom is 0.271 e. The fraction of sp³-hybridized carbons (Fsp3) is 0.136. The number of benzene rings is 2. The summed E-state index contributed by atoms with van der Waals surface area (Å²) in [7, 11) is 3.16. The van der Waals surface area contributed by atoms with Crippen LogP contribution in [0.1, 0.15) is 21.5 Å². The van der Waals surface area contributed by atoms with Crippen LogP contribution in [-0.2, 0) is 6.54 Å².